The Hall–Kier alpha value is -4.27. The molecule has 3 aliphatic heterocycles. The van der Waals surface area contributed by atoms with Crippen LogP contribution in [0.5, 0.6) is 11.8 Å². The summed E-state index contributed by atoms with van der Waals surface area (Å²) in [6.45, 7) is 5.26. The number of phenolic OH excluding ortho intramolecular Hbond substituents is 1. The molecule has 10 nitrogen and oxygen atoms in total. The van der Waals surface area contributed by atoms with E-state index in [1.165, 1.54) is 24.3 Å². The monoisotopic (exact) mass is 624 g/mol. The highest BCUT2D eigenvalue weighted by Crippen LogP contribution is 2.42. The molecule has 46 heavy (non-hydrogen) atoms. The second kappa shape index (κ2) is 11.5. The van der Waals surface area contributed by atoms with E-state index in [4.69, 9.17) is 30.8 Å². The number of carbonyl (C=O) groups excluding carboxylic acids is 1. The van der Waals surface area contributed by atoms with E-state index in [9.17, 15) is 14.3 Å². The average Bonchev–Trinajstić information content (AvgIpc) is 3.64. The number of ketones is 1. The summed E-state index contributed by atoms with van der Waals surface area (Å²) in [4.78, 5) is 34.0. The summed E-state index contributed by atoms with van der Waals surface area (Å²) in [5, 5.41) is 11.4. The van der Waals surface area contributed by atoms with E-state index in [0.717, 1.165) is 71.0 Å². The van der Waals surface area contributed by atoms with E-state index >= 15 is 0 Å². The molecule has 0 radical (unpaired) electrons. The van der Waals surface area contributed by atoms with Gasteiger partial charge in [-0.15, -0.1) is 6.42 Å². The predicted octanol–water partition coefficient (Wildman–Crippen LogP) is 5.00. The quantitative estimate of drug-likeness (QED) is 0.225. The normalized spacial score (nSPS) is 20.0. The van der Waals surface area contributed by atoms with Crippen LogP contribution in [-0.4, -0.2) is 86.8 Å². The van der Waals surface area contributed by atoms with Crippen molar-refractivity contribution in [3.63, 3.8) is 0 Å². The molecule has 2 aromatic carbocycles. The molecule has 4 aromatic rings. The SMILES string of the molecule is C#Cc1c(F)ccc2cc(O)cc(C(=O)c3nc4nc(OCC56CCCN5CCC6)nc(N5CCCOCC5)c4n3C3CCC3)c12. The molecule has 8 rings (SSSR count). The van der Waals surface area contributed by atoms with Crippen molar-refractivity contribution >= 4 is 33.5 Å². The van der Waals surface area contributed by atoms with E-state index in [1.807, 2.05) is 4.57 Å². The Morgan fingerprint density at radius 1 is 1.07 bits per heavy atom. The van der Waals surface area contributed by atoms with Crippen molar-refractivity contribution < 1.29 is 23.8 Å². The molecule has 3 saturated heterocycles. The fourth-order valence-corrected chi connectivity index (χ4v) is 7.89. The maximum atomic E-state index is 14.9. The summed E-state index contributed by atoms with van der Waals surface area (Å²) in [6, 6.07) is 5.85. The van der Waals surface area contributed by atoms with Crippen LogP contribution in [0.3, 0.4) is 0 Å². The number of ether oxygens (including phenoxy) is 2. The van der Waals surface area contributed by atoms with Gasteiger partial charge in [-0.25, -0.2) is 9.37 Å². The van der Waals surface area contributed by atoms with Crippen molar-refractivity contribution in [2.24, 2.45) is 0 Å². The third-order valence-electron chi connectivity index (χ3n) is 10.4. The van der Waals surface area contributed by atoms with Crippen LogP contribution < -0.4 is 9.64 Å². The van der Waals surface area contributed by atoms with Crippen LogP contribution in [-0.2, 0) is 4.74 Å². The molecule has 11 heteroatoms. The van der Waals surface area contributed by atoms with E-state index in [0.29, 0.717) is 48.7 Å². The first kappa shape index (κ1) is 29.2. The standard InChI is InChI=1S/C35H37FN6O4/c1-2-25-27(36)10-9-22-19-24(43)20-26(28(22)25)30(44)33-37-31-29(42(33)23-7-3-8-23)32(40-13-6-17-45-18-16-40)39-34(38-31)46-21-35-11-4-14-41(35)15-5-12-35/h1,9-10,19-20,23,43H,3-8,11-18,21H2. The fourth-order valence-electron chi connectivity index (χ4n) is 7.89. The van der Waals surface area contributed by atoms with Crippen molar-refractivity contribution in [2.75, 3.05) is 50.9 Å². The molecule has 238 valence electrons. The molecule has 0 unspecified atom stereocenters. The second-order valence-electron chi connectivity index (χ2n) is 13.0. The topological polar surface area (TPSA) is 106 Å². The summed E-state index contributed by atoms with van der Waals surface area (Å²) in [6.07, 6.45) is 13.8. The van der Waals surface area contributed by atoms with Crippen LogP contribution in [0, 0.1) is 18.2 Å². The van der Waals surface area contributed by atoms with Gasteiger partial charge in [-0.1, -0.05) is 12.0 Å². The van der Waals surface area contributed by atoms with Gasteiger partial charge in [-0.2, -0.15) is 9.97 Å². The van der Waals surface area contributed by atoms with Gasteiger partial charge in [0.25, 0.3) is 0 Å². The highest BCUT2D eigenvalue weighted by atomic mass is 19.1. The van der Waals surface area contributed by atoms with Crippen molar-refractivity contribution in [2.45, 2.75) is 62.9 Å². The van der Waals surface area contributed by atoms with Crippen LogP contribution >= 0.6 is 0 Å². The maximum Gasteiger partial charge on any atom is 0.320 e. The van der Waals surface area contributed by atoms with Gasteiger partial charge in [0.2, 0.25) is 5.78 Å². The number of rotatable bonds is 7. The number of aromatic nitrogens is 4. The number of carbonyl (C=O) groups is 1. The van der Waals surface area contributed by atoms with Crippen LogP contribution in [0.1, 0.15) is 79.2 Å². The Morgan fingerprint density at radius 2 is 1.89 bits per heavy atom. The summed E-state index contributed by atoms with van der Waals surface area (Å²) in [5.41, 5.74) is 1.13. The van der Waals surface area contributed by atoms with Gasteiger partial charge < -0.3 is 24.0 Å². The summed E-state index contributed by atoms with van der Waals surface area (Å²) in [5.74, 6) is 2.05. The molecule has 1 saturated carbocycles. The smallest absolute Gasteiger partial charge is 0.320 e. The first-order chi connectivity index (χ1) is 22.5. The Balaban J connectivity index is 1.29. The summed E-state index contributed by atoms with van der Waals surface area (Å²) in [7, 11) is 0. The second-order valence-corrected chi connectivity index (χ2v) is 13.0. The van der Waals surface area contributed by atoms with Crippen LogP contribution in [0.2, 0.25) is 0 Å². The van der Waals surface area contributed by atoms with Gasteiger partial charge in [0, 0.05) is 36.7 Å². The van der Waals surface area contributed by atoms with Crippen molar-refractivity contribution in [3.8, 4) is 24.1 Å². The summed E-state index contributed by atoms with van der Waals surface area (Å²) >= 11 is 0. The van der Waals surface area contributed by atoms with Gasteiger partial charge in [-0.05, 0) is 88.0 Å². The Labute approximate surface area is 266 Å². The fraction of sp³-hybridized carbons (Fsp3) is 0.486. The van der Waals surface area contributed by atoms with Gasteiger partial charge in [-0.3, -0.25) is 9.69 Å². The molecule has 1 N–H and O–H groups in total. The lowest BCUT2D eigenvalue weighted by Gasteiger charge is -2.32. The zero-order chi connectivity index (χ0) is 31.4. The highest BCUT2D eigenvalue weighted by molar-refractivity contribution is 6.17. The molecule has 4 aliphatic rings. The molecule has 0 atom stereocenters. The van der Waals surface area contributed by atoms with Crippen molar-refractivity contribution in [1.29, 1.82) is 0 Å². The van der Waals surface area contributed by atoms with E-state index in [-0.39, 0.29) is 45.7 Å². The van der Waals surface area contributed by atoms with Crippen LogP contribution in [0.4, 0.5) is 10.2 Å². The molecular weight excluding hydrogens is 587 g/mol. The van der Waals surface area contributed by atoms with E-state index < -0.39 is 11.6 Å². The van der Waals surface area contributed by atoms with E-state index in [2.05, 4.69) is 15.7 Å². The minimum Gasteiger partial charge on any atom is -0.508 e. The number of aromatic hydroxyl groups is 1. The number of anilines is 1. The Bertz CT molecular complexity index is 1880. The average molecular weight is 625 g/mol. The highest BCUT2D eigenvalue weighted by Gasteiger charge is 2.45. The van der Waals surface area contributed by atoms with Crippen molar-refractivity contribution in [1.82, 2.24) is 24.4 Å². The Kier molecular flexibility index (Phi) is 7.30. The zero-order valence-electron chi connectivity index (χ0n) is 25.8. The molecule has 0 bridgehead atoms. The first-order valence-electron chi connectivity index (χ1n) is 16.4. The maximum absolute atomic E-state index is 14.9. The molecule has 2 aromatic heterocycles. The number of terminal acetylenes is 1. The zero-order valence-corrected chi connectivity index (χ0v) is 25.8. The minimum atomic E-state index is -0.608. The van der Waals surface area contributed by atoms with E-state index in [1.54, 1.807) is 0 Å². The van der Waals surface area contributed by atoms with Gasteiger partial charge in [0.05, 0.1) is 17.7 Å². The lowest BCUT2D eigenvalue weighted by molar-refractivity contribution is 0.102. The lowest BCUT2D eigenvalue weighted by atomic mass is 9.91. The number of hydrogen-bond acceptors (Lipinski definition) is 9. The molecule has 1 aliphatic carbocycles. The molecule has 0 amide bonds. The number of nitrogens with zero attached hydrogens (tertiary/aromatic N) is 6. The minimum absolute atomic E-state index is 0.0122. The lowest BCUT2D eigenvalue weighted by Crippen LogP contribution is -2.43. The van der Waals surface area contributed by atoms with Gasteiger partial charge in [0.15, 0.2) is 17.3 Å². The molecule has 5 heterocycles. The van der Waals surface area contributed by atoms with Crippen LogP contribution in [0.25, 0.3) is 21.9 Å². The molecule has 4 fully saturated rings. The van der Waals surface area contributed by atoms with Crippen LogP contribution in [0.15, 0.2) is 24.3 Å². The van der Waals surface area contributed by atoms with Crippen molar-refractivity contribution in [3.05, 3.63) is 47.0 Å². The Morgan fingerprint density at radius 3 is 2.65 bits per heavy atom. The number of halogens is 1. The third kappa shape index (κ3) is 4.77. The number of fused-ring (bicyclic) bond motifs is 3. The summed E-state index contributed by atoms with van der Waals surface area (Å²) < 4.78 is 29.1. The number of imidazole rings is 1. The number of hydrogen-bond donors (Lipinski definition) is 1. The van der Waals surface area contributed by atoms with Gasteiger partial charge in [0.1, 0.15) is 23.7 Å². The first-order valence-corrected chi connectivity index (χ1v) is 16.4. The largest absolute Gasteiger partial charge is 0.508 e. The predicted molar refractivity (Wildman–Crippen MR) is 171 cm³/mol. The number of phenols is 1. The number of benzene rings is 2. The third-order valence-corrected chi connectivity index (χ3v) is 10.4. The van der Waals surface area contributed by atoms with Gasteiger partial charge >= 0.3 is 6.01 Å². The molecule has 0 spiro atoms. The molecular formula is C35H37FN6O4.